The van der Waals surface area contributed by atoms with E-state index in [9.17, 15) is 0 Å². The summed E-state index contributed by atoms with van der Waals surface area (Å²) in [6.07, 6.45) is 6.29. The number of rotatable bonds is 4. The molecule has 2 heterocycles. The van der Waals surface area contributed by atoms with Crippen LogP contribution in [0.15, 0.2) is 29.1 Å². The highest BCUT2D eigenvalue weighted by Gasteiger charge is 2.01. The molecule has 0 spiro atoms. The molecule has 2 rings (SSSR count). The summed E-state index contributed by atoms with van der Waals surface area (Å²) in [5.74, 6) is 1.85. The molecule has 0 fully saturated rings. The molecule has 0 aliphatic heterocycles. The smallest absolute Gasteiger partial charge is 0.140 e. The molecule has 0 aliphatic carbocycles. The third-order valence-corrected chi connectivity index (χ3v) is 2.79. The lowest BCUT2D eigenvalue weighted by Gasteiger charge is -2.06. The number of aryl methyl sites for hydroxylation is 1. The fraction of sp³-hybridized carbons (Fsp3) is 0.273. The van der Waals surface area contributed by atoms with Crippen LogP contribution in [0.2, 0.25) is 0 Å². The maximum atomic E-state index is 4.31. The van der Waals surface area contributed by atoms with Crippen LogP contribution in [-0.2, 0) is 6.42 Å². The monoisotopic (exact) mass is 280 g/mol. The molecular formula is C11H13BrN4. The fourth-order valence-corrected chi connectivity index (χ4v) is 2.00. The molecule has 5 heteroatoms. The number of nitrogens with one attached hydrogen (secondary N) is 2. The lowest BCUT2D eigenvalue weighted by molar-refractivity contribution is 0.920. The number of aromatic amines is 1. The minimum atomic E-state index is 0.808. The Morgan fingerprint density at radius 3 is 3.00 bits per heavy atom. The summed E-state index contributed by atoms with van der Waals surface area (Å²) in [5, 5.41) is 3.26. The number of H-pyrrole nitrogens is 1. The Labute approximate surface area is 103 Å². The van der Waals surface area contributed by atoms with E-state index in [-0.39, 0.29) is 0 Å². The van der Waals surface area contributed by atoms with E-state index in [2.05, 4.69) is 36.2 Å². The van der Waals surface area contributed by atoms with Crippen LogP contribution in [-0.4, -0.2) is 21.5 Å². The zero-order chi connectivity index (χ0) is 11.4. The molecule has 0 unspecified atom stereocenters. The van der Waals surface area contributed by atoms with Gasteiger partial charge in [-0.1, -0.05) is 0 Å². The first-order chi connectivity index (χ1) is 7.75. The number of pyridine rings is 1. The van der Waals surface area contributed by atoms with Crippen molar-refractivity contribution in [2.75, 3.05) is 11.9 Å². The Kier molecular flexibility index (Phi) is 3.56. The van der Waals surface area contributed by atoms with Gasteiger partial charge in [0.05, 0.1) is 4.47 Å². The van der Waals surface area contributed by atoms with Crippen LogP contribution >= 0.6 is 15.9 Å². The molecule has 2 aromatic heterocycles. The summed E-state index contributed by atoms with van der Waals surface area (Å²) in [6.45, 7) is 2.83. The Morgan fingerprint density at radius 1 is 1.44 bits per heavy atom. The fourth-order valence-electron chi connectivity index (χ4n) is 1.40. The van der Waals surface area contributed by atoms with Crippen molar-refractivity contribution in [1.82, 2.24) is 15.0 Å². The SMILES string of the molecule is Cc1cnc(NCCc2ncc[nH]2)c(Br)c1. The third-order valence-electron chi connectivity index (χ3n) is 2.19. The van der Waals surface area contributed by atoms with Gasteiger partial charge in [-0.25, -0.2) is 9.97 Å². The van der Waals surface area contributed by atoms with Gasteiger partial charge in [0.1, 0.15) is 11.6 Å². The Balaban J connectivity index is 1.90. The van der Waals surface area contributed by atoms with Crippen molar-refractivity contribution in [1.29, 1.82) is 0 Å². The molecule has 0 amide bonds. The van der Waals surface area contributed by atoms with E-state index >= 15 is 0 Å². The maximum Gasteiger partial charge on any atom is 0.140 e. The first kappa shape index (κ1) is 11.1. The number of hydrogen-bond acceptors (Lipinski definition) is 3. The molecule has 4 nitrogen and oxygen atoms in total. The van der Waals surface area contributed by atoms with E-state index in [1.165, 1.54) is 0 Å². The summed E-state index contributed by atoms with van der Waals surface area (Å²) in [5.41, 5.74) is 1.14. The highest BCUT2D eigenvalue weighted by atomic mass is 79.9. The molecule has 2 N–H and O–H groups in total. The van der Waals surface area contributed by atoms with Gasteiger partial charge in [-0.2, -0.15) is 0 Å². The normalized spacial score (nSPS) is 10.4. The molecule has 0 saturated heterocycles. The molecule has 84 valence electrons. The van der Waals surface area contributed by atoms with Crippen molar-refractivity contribution >= 4 is 21.7 Å². The van der Waals surface area contributed by atoms with E-state index in [0.717, 1.165) is 34.6 Å². The number of anilines is 1. The van der Waals surface area contributed by atoms with E-state index in [0.29, 0.717) is 0 Å². The summed E-state index contributed by atoms with van der Waals surface area (Å²) >= 11 is 3.48. The van der Waals surface area contributed by atoms with Gasteiger partial charge in [-0.15, -0.1) is 0 Å². The topological polar surface area (TPSA) is 53.6 Å². The van der Waals surface area contributed by atoms with Crippen LogP contribution in [0.5, 0.6) is 0 Å². The number of halogens is 1. The summed E-state index contributed by atoms with van der Waals surface area (Å²) in [4.78, 5) is 11.5. The number of nitrogens with zero attached hydrogens (tertiary/aromatic N) is 2. The number of imidazole rings is 1. The van der Waals surface area contributed by atoms with Crippen LogP contribution in [0.1, 0.15) is 11.4 Å². The molecule has 0 aliphatic rings. The molecule has 0 bridgehead atoms. The minimum Gasteiger partial charge on any atom is -0.369 e. The van der Waals surface area contributed by atoms with Crippen LogP contribution in [0.25, 0.3) is 0 Å². The average molecular weight is 281 g/mol. The molecule has 0 radical (unpaired) electrons. The van der Waals surface area contributed by atoms with Gasteiger partial charge in [0.2, 0.25) is 0 Å². The van der Waals surface area contributed by atoms with Crippen molar-refractivity contribution < 1.29 is 0 Å². The highest BCUT2D eigenvalue weighted by Crippen LogP contribution is 2.20. The Bertz CT molecular complexity index is 453. The second-order valence-corrected chi connectivity index (χ2v) is 4.41. The van der Waals surface area contributed by atoms with Crippen molar-refractivity contribution in [3.63, 3.8) is 0 Å². The zero-order valence-corrected chi connectivity index (χ0v) is 10.6. The highest BCUT2D eigenvalue weighted by molar-refractivity contribution is 9.10. The van der Waals surface area contributed by atoms with Gasteiger partial charge in [0.25, 0.3) is 0 Å². The van der Waals surface area contributed by atoms with Gasteiger partial charge in [-0.3, -0.25) is 0 Å². The molecular weight excluding hydrogens is 268 g/mol. The first-order valence-electron chi connectivity index (χ1n) is 5.10. The second-order valence-electron chi connectivity index (χ2n) is 3.56. The molecule has 0 aromatic carbocycles. The summed E-state index contributed by atoms with van der Waals surface area (Å²) in [7, 11) is 0. The van der Waals surface area contributed by atoms with Crippen LogP contribution in [0.3, 0.4) is 0 Å². The Hall–Kier alpha value is -1.36. The zero-order valence-electron chi connectivity index (χ0n) is 9.00. The van der Waals surface area contributed by atoms with Crippen molar-refractivity contribution in [2.24, 2.45) is 0 Å². The van der Waals surface area contributed by atoms with Crippen LogP contribution in [0.4, 0.5) is 5.82 Å². The third kappa shape index (κ3) is 2.82. The van der Waals surface area contributed by atoms with E-state index in [1.807, 2.05) is 25.4 Å². The lowest BCUT2D eigenvalue weighted by Crippen LogP contribution is -2.07. The van der Waals surface area contributed by atoms with Crippen molar-refractivity contribution in [2.45, 2.75) is 13.3 Å². The minimum absolute atomic E-state index is 0.808. The first-order valence-corrected chi connectivity index (χ1v) is 5.89. The quantitative estimate of drug-likeness (QED) is 0.905. The summed E-state index contributed by atoms with van der Waals surface area (Å²) < 4.78 is 0.993. The number of hydrogen-bond donors (Lipinski definition) is 2. The van der Waals surface area contributed by atoms with E-state index in [1.54, 1.807) is 6.20 Å². The van der Waals surface area contributed by atoms with E-state index in [4.69, 9.17) is 0 Å². The standard InChI is InChI=1S/C11H13BrN4/c1-8-6-9(12)11(16-7-8)15-3-2-10-13-4-5-14-10/h4-7H,2-3H2,1H3,(H,13,14)(H,15,16). The van der Waals surface area contributed by atoms with E-state index < -0.39 is 0 Å². The second kappa shape index (κ2) is 5.12. The van der Waals surface area contributed by atoms with Crippen molar-refractivity contribution in [3.8, 4) is 0 Å². The number of aromatic nitrogens is 3. The van der Waals surface area contributed by atoms with Gasteiger partial charge >= 0.3 is 0 Å². The average Bonchev–Trinajstić information content (AvgIpc) is 2.74. The molecule has 16 heavy (non-hydrogen) atoms. The molecule has 0 atom stereocenters. The lowest BCUT2D eigenvalue weighted by atomic mass is 10.3. The predicted molar refractivity (Wildman–Crippen MR) is 67.5 cm³/mol. The largest absolute Gasteiger partial charge is 0.369 e. The Morgan fingerprint density at radius 2 is 2.31 bits per heavy atom. The summed E-state index contributed by atoms with van der Waals surface area (Å²) in [6, 6.07) is 2.04. The van der Waals surface area contributed by atoms with Crippen LogP contribution in [0, 0.1) is 6.92 Å². The predicted octanol–water partition coefficient (Wildman–Crippen LogP) is 2.53. The molecule has 0 saturated carbocycles. The van der Waals surface area contributed by atoms with Crippen molar-refractivity contribution in [3.05, 3.63) is 40.5 Å². The van der Waals surface area contributed by atoms with Crippen LogP contribution < -0.4 is 5.32 Å². The maximum absolute atomic E-state index is 4.31. The van der Waals surface area contributed by atoms with Gasteiger partial charge in [-0.05, 0) is 34.5 Å². The van der Waals surface area contributed by atoms with Gasteiger partial charge in [0, 0.05) is 31.6 Å². The van der Waals surface area contributed by atoms with Gasteiger partial charge in [0.15, 0.2) is 0 Å². The van der Waals surface area contributed by atoms with Gasteiger partial charge < -0.3 is 10.3 Å². The molecule has 2 aromatic rings.